The van der Waals surface area contributed by atoms with Gasteiger partial charge in [-0.15, -0.1) is 0 Å². The molecule has 1 heterocycles. The van der Waals surface area contributed by atoms with Crippen LogP contribution in [0, 0.1) is 0 Å². The largest absolute Gasteiger partial charge is 0.344 e. The van der Waals surface area contributed by atoms with E-state index in [0.717, 1.165) is 0 Å². The van der Waals surface area contributed by atoms with E-state index in [0.29, 0.717) is 0 Å². The van der Waals surface area contributed by atoms with Gasteiger partial charge in [0.1, 0.15) is 0 Å². The van der Waals surface area contributed by atoms with E-state index in [1.54, 1.807) is 0 Å². The van der Waals surface area contributed by atoms with Gasteiger partial charge in [-0.1, -0.05) is 185 Å². The summed E-state index contributed by atoms with van der Waals surface area (Å²) in [5.41, 5.74) is 23.2. The lowest BCUT2D eigenvalue weighted by molar-refractivity contribution is 0.660. The summed E-state index contributed by atoms with van der Waals surface area (Å²) in [7, 11) is 2.20. The average Bonchev–Trinajstić information content (AvgIpc) is 3.59. The third kappa shape index (κ3) is 4.81. The Balaban J connectivity index is 1.15. The second-order valence-corrected chi connectivity index (χ2v) is 18.1. The lowest BCUT2D eigenvalue weighted by Crippen LogP contribution is -2.14. The predicted molar refractivity (Wildman–Crippen MR) is 256 cm³/mol. The maximum atomic E-state index is 2.50. The van der Waals surface area contributed by atoms with Crippen molar-refractivity contribution in [1.82, 2.24) is 0 Å². The van der Waals surface area contributed by atoms with Crippen molar-refractivity contribution in [1.29, 1.82) is 0 Å². The number of benzene rings is 9. The van der Waals surface area contributed by atoms with Gasteiger partial charge in [-0.2, -0.15) is 0 Å². The molecule has 286 valence electrons. The summed E-state index contributed by atoms with van der Waals surface area (Å²) in [6, 6.07) is 64.3. The van der Waals surface area contributed by atoms with Crippen molar-refractivity contribution in [2.45, 2.75) is 38.5 Å². The quantitative estimate of drug-likeness (QED) is 0.162. The molecule has 9 aromatic rings. The number of fused-ring (bicyclic) bond motifs is 10. The number of anilines is 2. The van der Waals surface area contributed by atoms with Crippen LogP contribution in [0.4, 0.5) is 11.4 Å². The fraction of sp³-hybridized carbons (Fsp3) is 0.119. The molecule has 12 rings (SSSR count). The van der Waals surface area contributed by atoms with Gasteiger partial charge in [0.25, 0.3) is 0 Å². The van der Waals surface area contributed by atoms with Crippen LogP contribution in [0.15, 0.2) is 170 Å². The van der Waals surface area contributed by atoms with Gasteiger partial charge in [0, 0.05) is 29.3 Å². The summed E-state index contributed by atoms with van der Waals surface area (Å²) in [5, 5.41) is 5.07. The van der Waals surface area contributed by atoms with E-state index in [1.807, 2.05) is 0 Å². The van der Waals surface area contributed by atoms with E-state index >= 15 is 0 Å². The Labute approximate surface area is 352 Å². The Hall–Kier alpha value is -6.96. The van der Waals surface area contributed by atoms with E-state index in [2.05, 4.69) is 222 Å². The van der Waals surface area contributed by atoms with Crippen LogP contribution in [-0.2, 0) is 10.8 Å². The van der Waals surface area contributed by atoms with Gasteiger partial charge >= 0.3 is 0 Å². The molecule has 1 nitrogen and oxygen atoms in total. The zero-order chi connectivity index (χ0) is 40.5. The highest BCUT2D eigenvalue weighted by molar-refractivity contribution is 6.23. The van der Waals surface area contributed by atoms with Crippen LogP contribution in [0.3, 0.4) is 0 Å². The first-order chi connectivity index (χ1) is 29.2. The second-order valence-electron chi connectivity index (χ2n) is 18.1. The third-order valence-corrected chi connectivity index (χ3v) is 14.2. The summed E-state index contributed by atoms with van der Waals surface area (Å²) >= 11 is 0. The topological polar surface area (TPSA) is 3.24 Å². The molecule has 2 aliphatic carbocycles. The summed E-state index contributed by atoms with van der Waals surface area (Å²) in [5.74, 6) is 0. The van der Waals surface area contributed by atoms with Crippen molar-refractivity contribution in [2.24, 2.45) is 0 Å². The van der Waals surface area contributed by atoms with Crippen molar-refractivity contribution in [3.63, 3.8) is 0 Å². The molecule has 3 aliphatic rings. The molecule has 0 amide bonds. The summed E-state index contributed by atoms with van der Waals surface area (Å²) < 4.78 is 0. The molecule has 0 saturated heterocycles. The molecule has 0 unspecified atom stereocenters. The van der Waals surface area contributed by atoms with E-state index in [1.165, 1.54) is 122 Å². The van der Waals surface area contributed by atoms with Crippen LogP contribution in [0.2, 0.25) is 0 Å². The summed E-state index contributed by atoms with van der Waals surface area (Å²) in [4.78, 5) is 2.35. The monoisotopic (exact) mass is 767 g/mol. The molecule has 0 radical (unpaired) electrons. The minimum atomic E-state index is -0.103. The molecule has 60 heavy (non-hydrogen) atoms. The van der Waals surface area contributed by atoms with Crippen molar-refractivity contribution < 1.29 is 0 Å². The minimum absolute atomic E-state index is 0.0771. The molecular formula is C59H45N. The number of rotatable bonds is 3. The van der Waals surface area contributed by atoms with Crippen LogP contribution >= 0.6 is 0 Å². The first-order valence-electron chi connectivity index (χ1n) is 21.3. The van der Waals surface area contributed by atoms with Gasteiger partial charge in [-0.3, -0.25) is 0 Å². The molecule has 9 aromatic carbocycles. The van der Waals surface area contributed by atoms with Gasteiger partial charge in [0.05, 0.1) is 0 Å². The first kappa shape index (κ1) is 35.0. The zero-order valence-corrected chi connectivity index (χ0v) is 34.8. The van der Waals surface area contributed by atoms with Gasteiger partial charge < -0.3 is 4.90 Å². The van der Waals surface area contributed by atoms with E-state index in [4.69, 9.17) is 0 Å². The number of nitrogens with zero attached hydrogens (tertiary/aromatic N) is 1. The highest BCUT2D eigenvalue weighted by Crippen LogP contribution is 2.55. The Morgan fingerprint density at radius 1 is 0.333 bits per heavy atom. The highest BCUT2D eigenvalue weighted by Gasteiger charge is 2.38. The maximum absolute atomic E-state index is 2.50. The Bertz CT molecular complexity index is 3340. The molecule has 0 bridgehead atoms. The first-order valence-corrected chi connectivity index (χ1v) is 21.3. The molecule has 0 N–H and O–H groups in total. The smallest absolute Gasteiger partial charge is 0.0488 e. The predicted octanol–water partition coefficient (Wildman–Crippen LogP) is 15.9. The Kier molecular flexibility index (Phi) is 7.31. The fourth-order valence-electron chi connectivity index (χ4n) is 11.2. The van der Waals surface area contributed by atoms with Gasteiger partial charge in [0.15, 0.2) is 0 Å². The summed E-state index contributed by atoms with van der Waals surface area (Å²) in [6.45, 7) is 9.52. The molecule has 0 aromatic heterocycles. The van der Waals surface area contributed by atoms with Crippen LogP contribution in [0.5, 0.6) is 0 Å². The number of hydrogen-bond donors (Lipinski definition) is 0. The highest BCUT2D eigenvalue weighted by atomic mass is 15.1. The Morgan fingerprint density at radius 2 is 0.883 bits per heavy atom. The molecule has 0 fully saturated rings. The van der Waals surface area contributed by atoms with Crippen LogP contribution in [-0.4, -0.2) is 7.05 Å². The molecule has 0 saturated carbocycles. The van der Waals surface area contributed by atoms with Gasteiger partial charge in [-0.05, 0) is 135 Å². The van der Waals surface area contributed by atoms with E-state index in [9.17, 15) is 0 Å². The van der Waals surface area contributed by atoms with Gasteiger partial charge in [0.2, 0.25) is 0 Å². The van der Waals surface area contributed by atoms with E-state index < -0.39 is 0 Å². The molecule has 1 heteroatoms. The lowest BCUT2D eigenvalue weighted by Gasteiger charge is -2.24. The Morgan fingerprint density at radius 3 is 1.70 bits per heavy atom. The van der Waals surface area contributed by atoms with Crippen LogP contribution < -0.4 is 4.90 Å². The van der Waals surface area contributed by atoms with Crippen LogP contribution in [0.25, 0.3) is 89.3 Å². The van der Waals surface area contributed by atoms with Crippen molar-refractivity contribution in [2.75, 3.05) is 11.9 Å². The standard InChI is InChI=1S/C59H45N/c1-58(2)50-22-12-10-19-46(50)57-47(20-14-23-51(57)58)56-44-18-8-7-17-43(44)55(40-28-27-37-26-25-36-15-6-13-24-53(36)60(5)54(37)35-40)45-32-30-38(33-48(45)56)39-29-31-42-41-16-9-11-21-49(41)59(3,4)52(42)34-39/h6-35H,1-5H3. The normalized spacial score (nSPS) is 14.9. The second kappa shape index (κ2) is 12.5. The summed E-state index contributed by atoms with van der Waals surface area (Å²) in [6.07, 6.45) is 4.51. The zero-order valence-electron chi connectivity index (χ0n) is 34.8. The lowest BCUT2D eigenvalue weighted by atomic mass is 9.80. The van der Waals surface area contributed by atoms with Gasteiger partial charge in [-0.25, -0.2) is 0 Å². The maximum Gasteiger partial charge on any atom is 0.0488 e. The molecular weight excluding hydrogens is 723 g/mol. The molecule has 0 atom stereocenters. The molecule has 1 aliphatic heterocycles. The average molecular weight is 768 g/mol. The third-order valence-electron chi connectivity index (χ3n) is 14.2. The fourth-order valence-corrected chi connectivity index (χ4v) is 11.2. The van der Waals surface area contributed by atoms with Crippen molar-refractivity contribution in [3.05, 3.63) is 203 Å². The van der Waals surface area contributed by atoms with Crippen molar-refractivity contribution >= 4 is 45.1 Å². The molecule has 0 spiro atoms. The number of para-hydroxylation sites is 1. The van der Waals surface area contributed by atoms with Crippen LogP contribution in [0.1, 0.15) is 61.1 Å². The van der Waals surface area contributed by atoms with Crippen molar-refractivity contribution in [3.8, 4) is 55.6 Å². The SMILES string of the molecule is CN1c2ccccc2C=Cc2ccc(-c3c4ccccc4c(-c4cccc5c4-c4ccccc4C5(C)C)c4cc(-c5ccc6c(c5)C(C)(C)c5ccccc5-6)ccc34)cc21. The number of hydrogen-bond acceptors (Lipinski definition) is 1. The van der Waals surface area contributed by atoms with E-state index in [-0.39, 0.29) is 10.8 Å². The minimum Gasteiger partial charge on any atom is -0.344 e.